The third-order valence-electron chi connectivity index (χ3n) is 3.04. The van der Waals surface area contributed by atoms with Crippen LogP contribution in [0.25, 0.3) is 0 Å². The molecular formula is C17H15BrN2O5. The van der Waals surface area contributed by atoms with Crippen molar-refractivity contribution in [2.75, 3.05) is 13.7 Å². The minimum atomic E-state index is -0.567. The lowest BCUT2D eigenvalue weighted by molar-refractivity contribution is -0.123. The van der Waals surface area contributed by atoms with Gasteiger partial charge in [0.2, 0.25) is 0 Å². The van der Waals surface area contributed by atoms with Crippen molar-refractivity contribution in [2.45, 2.75) is 0 Å². The summed E-state index contributed by atoms with van der Waals surface area (Å²) in [4.78, 5) is 35.2. The van der Waals surface area contributed by atoms with Gasteiger partial charge in [0.05, 0.1) is 12.7 Å². The van der Waals surface area contributed by atoms with Gasteiger partial charge in [0.25, 0.3) is 11.8 Å². The molecule has 0 aromatic heterocycles. The molecule has 2 aromatic carbocycles. The molecule has 2 amide bonds. The number of ether oxygens (including phenoxy) is 2. The number of hydrogen-bond acceptors (Lipinski definition) is 5. The van der Waals surface area contributed by atoms with Crippen LogP contribution in [-0.2, 0) is 9.53 Å². The largest absolute Gasteiger partial charge is 0.484 e. The van der Waals surface area contributed by atoms with Crippen molar-refractivity contribution in [3.63, 3.8) is 0 Å². The summed E-state index contributed by atoms with van der Waals surface area (Å²) in [6, 6.07) is 12.9. The Labute approximate surface area is 152 Å². The lowest BCUT2D eigenvalue weighted by Gasteiger charge is -2.09. The first-order chi connectivity index (χ1) is 12.0. The van der Waals surface area contributed by atoms with Crippen molar-refractivity contribution >= 4 is 33.7 Å². The minimum Gasteiger partial charge on any atom is -0.484 e. The molecule has 2 aromatic rings. The topological polar surface area (TPSA) is 93.7 Å². The van der Waals surface area contributed by atoms with E-state index in [1.807, 2.05) is 0 Å². The molecule has 0 saturated carbocycles. The Morgan fingerprint density at radius 2 is 1.68 bits per heavy atom. The molecule has 0 spiro atoms. The Kier molecular flexibility index (Phi) is 6.53. The summed E-state index contributed by atoms with van der Waals surface area (Å²) in [7, 11) is 1.25. The lowest BCUT2D eigenvalue weighted by Crippen LogP contribution is -2.43. The Morgan fingerprint density at radius 1 is 1.00 bits per heavy atom. The Morgan fingerprint density at radius 3 is 2.36 bits per heavy atom. The van der Waals surface area contributed by atoms with E-state index in [1.54, 1.807) is 30.3 Å². The van der Waals surface area contributed by atoms with Crippen LogP contribution in [0.4, 0.5) is 0 Å². The van der Waals surface area contributed by atoms with Crippen LogP contribution >= 0.6 is 15.9 Å². The van der Waals surface area contributed by atoms with Crippen LogP contribution in [0.3, 0.4) is 0 Å². The van der Waals surface area contributed by atoms with E-state index < -0.39 is 17.8 Å². The van der Waals surface area contributed by atoms with Crippen molar-refractivity contribution in [1.82, 2.24) is 10.9 Å². The van der Waals surface area contributed by atoms with E-state index in [0.29, 0.717) is 5.75 Å². The van der Waals surface area contributed by atoms with E-state index in [2.05, 4.69) is 31.5 Å². The van der Waals surface area contributed by atoms with E-state index in [0.717, 1.165) is 4.47 Å². The zero-order valence-corrected chi connectivity index (χ0v) is 14.8. The highest BCUT2D eigenvalue weighted by Crippen LogP contribution is 2.15. The second-order valence-corrected chi connectivity index (χ2v) is 5.73. The highest BCUT2D eigenvalue weighted by atomic mass is 79.9. The zero-order valence-electron chi connectivity index (χ0n) is 13.2. The molecule has 0 atom stereocenters. The molecule has 0 fully saturated rings. The van der Waals surface area contributed by atoms with Gasteiger partial charge in [-0.25, -0.2) is 4.79 Å². The van der Waals surface area contributed by atoms with E-state index in [-0.39, 0.29) is 17.7 Å². The van der Waals surface area contributed by atoms with E-state index in [4.69, 9.17) is 4.74 Å². The predicted molar refractivity (Wildman–Crippen MR) is 93.0 cm³/mol. The van der Waals surface area contributed by atoms with Gasteiger partial charge in [-0.15, -0.1) is 0 Å². The maximum absolute atomic E-state index is 12.0. The summed E-state index contributed by atoms with van der Waals surface area (Å²) in [5, 5.41) is 0. The molecule has 0 aliphatic heterocycles. The minimum absolute atomic E-state index is 0.206. The Hall–Kier alpha value is -2.87. The molecule has 7 nitrogen and oxygen atoms in total. The van der Waals surface area contributed by atoms with Gasteiger partial charge < -0.3 is 9.47 Å². The number of hydrazine groups is 1. The summed E-state index contributed by atoms with van der Waals surface area (Å²) in [5.74, 6) is -1.12. The van der Waals surface area contributed by atoms with Crippen LogP contribution in [0.1, 0.15) is 20.7 Å². The van der Waals surface area contributed by atoms with Crippen LogP contribution in [0.2, 0.25) is 0 Å². The zero-order chi connectivity index (χ0) is 18.2. The van der Waals surface area contributed by atoms with Gasteiger partial charge in [0.1, 0.15) is 5.75 Å². The first-order valence-electron chi connectivity index (χ1n) is 7.15. The number of benzene rings is 2. The second-order valence-electron chi connectivity index (χ2n) is 4.82. The fraction of sp³-hybridized carbons (Fsp3) is 0.118. The average molecular weight is 407 g/mol. The molecule has 0 radical (unpaired) electrons. The van der Waals surface area contributed by atoms with Gasteiger partial charge in [-0.3, -0.25) is 20.4 Å². The van der Waals surface area contributed by atoms with Gasteiger partial charge in [-0.1, -0.05) is 22.0 Å². The number of carbonyl (C=O) groups excluding carboxylic acids is 3. The summed E-state index contributed by atoms with van der Waals surface area (Å²) in [6.07, 6.45) is 0. The van der Waals surface area contributed by atoms with Gasteiger partial charge in [-0.2, -0.15) is 0 Å². The summed E-state index contributed by atoms with van der Waals surface area (Å²) < 4.78 is 10.8. The van der Waals surface area contributed by atoms with Crippen LogP contribution in [-0.4, -0.2) is 31.5 Å². The number of carbonyl (C=O) groups is 3. The predicted octanol–water partition coefficient (Wildman–Crippen LogP) is 2.08. The molecule has 2 N–H and O–H groups in total. The van der Waals surface area contributed by atoms with Crippen LogP contribution in [0, 0.1) is 0 Å². The molecule has 0 saturated heterocycles. The van der Waals surface area contributed by atoms with Crippen molar-refractivity contribution in [2.24, 2.45) is 0 Å². The number of esters is 1. The van der Waals surface area contributed by atoms with Crippen LogP contribution in [0.15, 0.2) is 53.0 Å². The van der Waals surface area contributed by atoms with Crippen molar-refractivity contribution < 1.29 is 23.9 Å². The Balaban J connectivity index is 1.83. The monoisotopic (exact) mass is 406 g/mol. The van der Waals surface area contributed by atoms with E-state index >= 15 is 0 Å². The van der Waals surface area contributed by atoms with Crippen LogP contribution in [0.5, 0.6) is 5.75 Å². The SMILES string of the molecule is COC(=O)c1cccc(C(=O)NNC(=O)COc2ccc(Br)cc2)c1. The van der Waals surface area contributed by atoms with Crippen LogP contribution < -0.4 is 15.6 Å². The highest BCUT2D eigenvalue weighted by Gasteiger charge is 2.11. The fourth-order valence-electron chi connectivity index (χ4n) is 1.82. The molecular weight excluding hydrogens is 392 g/mol. The number of amides is 2. The molecule has 8 heteroatoms. The molecule has 130 valence electrons. The van der Waals surface area contributed by atoms with E-state index in [9.17, 15) is 14.4 Å². The van der Waals surface area contributed by atoms with Gasteiger partial charge in [-0.05, 0) is 42.5 Å². The molecule has 0 unspecified atom stereocenters. The molecule has 0 aliphatic rings. The van der Waals surface area contributed by atoms with Crippen molar-refractivity contribution in [3.05, 3.63) is 64.1 Å². The fourth-order valence-corrected chi connectivity index (χ4v) is 2.08. The summed E-state index contributed by atoms with van der Waals surface area (Å²) in [5.41, 5.74) is 4.93. The third-order valence-corrected chi connectivity index (χ3v) is 3.57. The first kappa shape index (κ1) is 18.5. The van der Waals surface area contributed by atoms with Gasteiger partial charge >= 0.3 is 5.97 Å². The van der Waals surface area contributed by atoms with Gasteiger partial charge in [0.15, 0.2) is 6.61 Å². The number of rotatable bonds is 5. The first-order valence-corrected chi connectivity index (χ1v) is 7.95. The number of halogens is 1. The Bertz CT molecular complexity index is 777. The normalized spacial score (nSPS) is 9.84. The molecule has 25 heavy (non-hydrogen) atoms. The summed E-state index contributed by atoms with van der Waals surface area (Å²) >= 11 is 3.30. The summed E-state index contributed by atoms with van der Waals surface area (Å²) in [6.45, 7) is -0.260. The molecule has 0 heterocycles. The van der Waals surface area contributed by atoms with Gasteiger partial charge in [0, 0.05) is 10.0 Å². The maximum atomic E-state index is 12.0. The lowest BCUT2D eigenvalue weighted by atomic mass is 10.1. The van der Waals surface area contributed by atoms with Crippen molar-refractivity contribution in [3.8, 4) is 5.75 Å². The quantitative estimate of drug-likeness (QED) is 0.585. The maximum Gasteiger partial charge on any atom is 0.337 e. The highest BCUT2D eigenvalue weighted by molar-refractivity contribution is 9.10. The molecule has 2 rings (SSSR count). The standard InChI is InChI=1S/C17H15BrN2O5/c1-24-17(23)12-4-2-3-11(9-12)16(22)20-19-15(21)10-25-14-7-5-13(18)6-8-14/h2-9H,10H2,1H3,(H,19,21)(H,20,22). The second kappa shape index (κ2) is 8.84. The average Bonchev–Trinajstić information content (AvgIpc) is 2.65. The number of methoxy groups -OCH3 is 1. The smallest absolute Gasteiger partial charge is 0.337 e. The van der Waals surface area contributed by atoms with E-state index in [1.165, 1.54) is 25.3 Å². The molecule has 0 aliphatic carbocycles. The number of nitrogens with one attached hydrogen (secondary N) is 2. The van der Waals surface area contributed by atoms with Crippen molar-refractivity contribution in [1.29, 1.82) is 0 Å². The third kappa shape index (κ3) is 5.61. The number of hydrogen-bond donors (Lipinski definition) is 2. The molecule has 0 bridgehead atoms.